The van der Waals surface area contributed by atoms with Gasteiger partial charge in [-0.2, -0.15) is 0 Å². The summed E-state index contributed by atoms with van der Waals surface area (Å²) < 4.78 is 12.4. The van der Waals surface area contributed by atoms with E-state index in [4.69, 9.17) is 9.47 Å². The minimum absolute atomic E-state index is 0.110. The third-order valence-corrected chi connectivity index (χ3v) is 5.83. The van der Waals surface area contributed by atoms with Crippen molar-refractivity contribution in [2.75, 3.05) is 23.8 Å². The van der Waals surface area contributed by atoms with Crippen molar-refractivity contribution < 1.29 is 14.3 Å². The van der Waals surface area contributed by atoms with E-state index in [0.717, 1.165) is 27.0 Å². The van der Waals surface area contributed by atoms with Gasteiger partial charge in [0, 0.05) is 22.4 Å². The third-order valence-electron chi connectivity index (χ3n) is 5.10. The summed E-state index contributed by atoms with van der Waals surface area (Å²) in [7, 11) is 0. The highest BCUT2D eigenvalue weighted by atomic mass is 79.9. The first kappa shape index (κ1) is 23.7. The number of benzene rings is 3. The van der Waals surface area contributed by atoms with Crippen molar-refractivity contribution in [2.45, 2.75) is 34.2 Å². The number of rotatable bonds is 9. The van der Waals surface area contributed by atoms with Gasteiger partial charge in [-0.3, -0.25) is 4.79 Å². The van der Waals surface area contributed by atoms with E-state index >= 15 is 0 Å². The Bertz CT molecular complexity index is 1080. The van der Waals surface area contributed by atoms with Crippen LogP contribution in [0.5, 0.6) is 11.5 Å². The molecule has 0 aliphatic rings. The highest BCUT2D eigenvalue weighted by molar-refractivity contribution is 9.10. The Balaban J connectivity index is 1.66. The average molecular weight is 497 g/mol. The Labute approximate surface area is 198 Å². The highest BCUT2D eigenvalue weighted by Crippen LogP contribution is 2.34. The molecule has 0 atom stereocenters. The van der Waals surface area contributed by atoms with Crippen LogP contribution in [0.25, 0.3) is 0 Å². The van der Waals surface area contributed by atoms with Crippen LogP contribution in [-0.4, -0.2) is 19.1 Å². The van der Waals surface area contributed by atoms with Crippen molar-refractivity contribution in [1.82, 2.24) is 0 Å². The predicted octanol–water partition coefficient (Wildman–Crippen LogP) is 6.40. The maximum Gasteiger partial charge on any atom is 0.262 e. The molecule has 0 radical (unpaired) electrons. The maximum atomic E-state index is 12.3. The molecule has 6 heteroatoms. The second-order valence-electron chi connectivity index (χ2n) is 7.68. The number of aryl methyl sites for hydroxylation is 3. The van der Waals surface area contributed by atoms with Crippen molar-refractivity contribution in [3.8, 4) is 11.5 Å². The lowest BCUT2D eigenvalue weighted by Crippen LogP contribution is -2.20. The number of hydrogen-bond acceptors (Lipinski definition) is 4. The number of ether oxygens (including phenoxy) is 2. The van der Waals surface area contributed by atoms with E-state index in [1.807, 2.05) is 50.2 Å². The minimum atomic E-state index is -0.229. The zero-order chi connectivity index (χ0) is 23.1. The molecule has 0 aliphatic carbocycles. The molecule has 0 aromatic heterocycles. The number of hydrogen-bond donors (Lipinski definition) is 2. The van der Waals surface area contributed by atoms with Crippen LogP contribution in [0.3, 0.4) is 0 Å². The second-order valence-corrected chi connectivity index (χ2v) is 8.53. The fourth-order valence-electron chi connectivity index (χ4n) is 3.12. The van der Waals surface area contributed by atoms with Crippen LogP contribution in [0.1, 0.15) is 29.2 Å². The van der Waals surface area contributed by atoms with Gasteiger partial charge in [-0.15, -0.1) is 0 Å². The van der Waals surface area contributed by atoms with Crippen LogP contribution in [0, 0.1) is 20.8 Å². The summed E-state index contributed by atoms with van der Waals surface area (Å²) in [4.78, 5) is 12.3. The summed E-state index contributed by atoms with van der Waals surface area (Å²) in [6, 6.07) is 17.7. The van der Waals surface area contributed by atoms with Gasteiger partial charge in [0.2, 0.25) is 0 Å². The van der Waals surface area contributed by atoms with E-state index in [-0.39, 0.29) is 12.5 Å². The van der Waals surface area contributed by atoms with Gasteiger partial charge in [-0.1, -0.05) is 39.7 Å². The quantitative estimate of drug-likeness (QED) is 0.359. The average Bonchev–Trinajstić information content (AvgIpc) is 2.77. The van der Waals surface area contributed by atoms with Crippen molar-refractivity contribution >= 4 is 33.2 Å². The molecule has 3 aromatic rings. The fourth-order valence-corrected chi connectivity index (χ4v) is 3.58. The number of halogens is 1. The van der Waals surface area contributed by atoms with E-state index in [0.29, 0.717) is 24.7 Å². The Morgan fingerprint density at radius 1 is 0.875 bits per heavy atom. The Hall–Kier alpha value is -2.99. The molecule has 5 nitrogen and oxygen atoms in total. The largest absolute Gasteiger partial charge is 0.490 e. The first-order valence-electron chi connectivity index (χ1n) is 10.6. The zero-order valence-electron chi connectivity index (χ0n) is 18.9. The van der Waals surface area contributed by atoms with Crippen molar-refractivity contribution in [2.24, 2.45) is 0 Å². The molecular weight excluding hydrogens is 468 g/mol. The summed E-state index contributed by atoms with van der Waals surface area (Å²) in [5, 5.41) is 6.29. The van der Waals surface area contributed by atoms with Crippen LogP contribution in [0.4, 0.5) is 11.4 Å². The second kappa shape index (κ2) is 11.0. The number of anilines is 2. The Morgan fingerprint density at radius 2 is 1.56 bits per heavy atom. The minimum Gasteiger partial charge on any atom is -0.490 e. The van der Waals surface area contributed by atoms with Gasteiger partial charge >= 0.3 is 0 Å². The molecule has 0 unspecified atom stereocenters. The summed E-state index contributed by atoms with van der Waals surface area (Å²) in [5.74, 6) is 0.899. The van der Waals surface area contributed by atoms with E-state index in [2.05, 4.69) is 58.6 Å². The fraction of sp³-hybridized carbons (Fsp3) is 0.269. The molecule has 3 rings (SSSR count). The zero-order valence-corrected chi connectivity index (χ0v) is 20.5. The molecular formula is C26H29BrN2O3. The molecule has 0 fully saturated rings. The summed E-state index contributed by atoms with van der Waals surface area (Å²) in [6.45, 7) is 9.13. The first-order chi connectivity index (χ1) is 15.4. The Morgan fingerprint density at radius 3 is 2.25 bits per heavy atom. The van der Waals surface area contributed by atoms with E-state index in [1.165, 1.54) is 11.1 Å². The normalized spacial score (nSPS) is 10.5. The summed E-state index contributed by atoms with van der Waals surface area (Å²) in [5.41, 5.74) is 6.48. The molecule has 0 saturated carbocycles. The molecule has 0 saturated heterocycles. The first-order valence-corrected chi connectivity index (χ1v) is 11.4. The van der Waals surface area contributed by atoms with Crippen molar-refractivity contribution in [3.05, 3.63) is 81.3 Å². The monoisotopic (exact) mass is 496 g/mol. The number of carbonyl (C=O) groups excluding carboxylic acids is 1. The topological polar surface area (TPSA) is 59.6 Å². The Kier molecular flexibility index (Phi) is 8.17. The molecule has 32 heavy (non-hydrogen) atoms. The van der Waals surface area contributed by atoms with Gasteiger partial charge in [0.25, 0.3) is 5.91 Å². The highest BCUT2D eigenvalue weighted by Gasteiger charge is 2.13. The van der Waals surface area contributed by atoms with Gasteiger partial charge in [-0.05, 0) is 80.8 Å². The molecule has 0 aliphatic heterocycles. The lowest BCUT2D eigenvalue weighted by atomic mass is 10.1. The van der Waals surface area contributed by atoms with Gasteiger partial charge in [-0.25, -0.2) is 0 Å². The van der Waals surface area contributed by atoms with Crippen LogP contribution >= 0.6 is 15.9 Å². The maximum absolute atomic E-state index is 12.3. The third kappa shape index (κ3) is 6.50. The van der Waals surface area contributed by atoms with E-state index in [9.17, 15) is 4.79 Å². The molecule has 1 amide bonds. The number of nitrogens with one attached hydrogen (secondary N) is 2. The van der Waals surface area contributed by atoms with Gasteiger partial charge < -0.3 is 20.1 Å². The van der Waals surface area contributed by atoms with Crippen LogP contribution in [-0.2, 0) is 11.3 Å². The summed E-state index contributed by atoms with van der Waals surface area (Å²) in [6.07, 6.45) is 0. The van der Waals surface area contributed by atoms with Gasteiger partial charge in [0.05, 0.1) is 6.61 Å². The molecule has 0 spiro atoms. The van der Waals surface area contributed by atoms with E-state index < -0.39 is 0 Å². The lowest BCUT2D eigenvalue weighted by molar-refractivity contribution is -0.118. The SMILES string of the molecule is CCOc1cc(CNc2ccc(C)c(C)c2)c(Br)cc1OCC(=O)Nc1ccc(C)cc1. The standard InChI is InChI=1S/C26H29BrN2O3/c1-5-31-24-13-20(15-28-22-11-8-18(3)19(4)12-22)23(27)14-25(24)32-16-26(30)29-21-9-6-17(2)7-10-21/h6-14,28H,5,15-16H2,1-4H3,(H,29,30). The van der Waals surface area contributed by atoms with Crippen LogP contribution in [0.15, 0.2) is 59.1 Å². The summed E-state index contributed by atoms with van der Waals surface area (Å²) >= 11 is 3.62. The number of carbonyl (C=O) groups is 1. The van der Waals surface area contributed by atoms with Crippen molar-refractivity contribution in [3.63, 3.8) is 0 Å². The smallest absolute Gasteiger partial charge is 0.262 e. The van der Waals surface area contributed by atoms with Gasteiger partial charge in [0.1, 0.15) is 0 Å². The van der Waals surface area contributed by atoms with Gasteiger partial charge in [0.15, 0.2) is 18.1 Å². The molecule has 168 valence electrons. The van der Waals surface area contributed by atoms with E-state index in [1.54, 1.807) is 0 Å². The lowest BCUT2D eigenvalue weighted by Gasteiger charge is -2.16. The molecule has 0 heterocycles. The molecule has 0 bridgehead atoms. The molecule has 2 N–H and O–H groups in total. The predicted molar refractivity (Wildman–Crippen MR) is 134 cm³/mol. The van der Waals surface area contributed by atoms with Crippen LogP contribution < -0.4 is 20.1 Å². The number of amides is 1. The van der Waals surface area contributed by atoms with Crippen LogP contribution in [0.2, 0.25) is 0 Å². The molecule has 3 aromatic carbocycles. The van der Waals surface area contributed by atoms with Crippen molar-refractivity contribution in [1.29, 1.82) is 0 Å².